The Kier molecular flexibility index (Phi) is 5.11. The molecule has 5 nitrogen and oxygen atoms in total. The molecule has 3 rings (SSSR count). The maximum Gasteiger partial charge on any atom is 0.255 e. The summed E-state index contributed by atoms with van der Waals surface area (Å²) < 4.78 is 10.9. The van der Waals surface area contributed by atoms with Gasteiger partial charge in [0.05, 0.1) is 31.9 Å². The van der Waals surface area contributed by atoms with Crippen LogP contribution in [-0.4, -0.2) is 37.3 Å². The first kappa shape index (κ1) is 16.5. The van der Waals surface area contributed by atoms with Crippen molar-refractivity contribution in [3.8, 4) is 5.75 Å². The number of hydrogen-bond donors (Lipinski definition) is 1. The van der Waals surface area contributed by atoms with E-state index >= 15 is 0 Å². The van der Waals surface area contributed by atoms with Crippen molar-refractivity contribution in [2.75, 3.05) is 20.3 Å². The fraction of sp³-hybridized carbons (Fsp3) is 0.368. The van der Waals surface area contributed by atoms with Crippen LogP contribution in [0.3, 0.4) is 0 Å². The number of pyridine rings is 1. The van der Waals surface area contributed by atoms with Crippen LogP contribution in [0.15, 0.2) is 42.7 Å². The number of methoxy groups -OCH3 is 1. The molecule has 0 aliphatic carbocycles. The van der Waals surface area contributed by atoms with E-state index in [1.807, 2.05) is 37.3 Å². The summed E-state index contributed by atoms with van der Waals surface area (Å²) in [6.45, 7) is 3.10. The molecule has 2 aromatic rings. The predicted molar refractivity (Wildman–Crippen MR) is 91.2 cm³/mol. The van der Waals surface area contributed by atoms with Crippen LogP contribution in [0, 0.1) is 12.8 Å². The van der Waals surface area contributed by atoms with Gasteiger partial charge in [0.2, 0.25) is 0 Å². The molecule has 1 aromatic heterocycles. The van der Waals surface area contributed by atoms with Crippen molar-refractivity contribution in [1.82, 2.24) is 10.3 Å². The molecule has 24 heavy (non-hydrogen) atoms. The van der Waals surface area contributed by atoms with Gasteiger partial charge in [-0.05, 0) is 42.7 Å². The molecular formula is C19H22N2O3. The van der Waals surface area contributed by atoms with Crippen LogP contribution in [-0.2, 0) is 11.2 Å². The molecule has 1 saturated heterocycles. The number of carbonyl (C=O) groups excluding carboxylic acids is 1. The molecular weight excluding hydrogens is 304 g/mol. The highest BCUT2D eigenvalue weighted by Crippen LogP contribution is 2.24. The Morgan fingerprint density at radius 3 is 2.83 bits per heavy atom. The van der Waals surface area contributed by atoms with E-state index in [1.165, 1.54) is 5.56 Å². The third kappa shape index (κ3) is 3.57. The number of carbonyl (C=O) groups is 1. The van der Waals surface area contributed by atoms with Crippen molar-refractivity contribution >= 4 is 5.91 Å². The molecule has 0 spiro atoms. The zero-order valence-electron chi connectivity index (χ0n) is 14.0. The first-order valence-electron chi connectivity index (χ1n) is 8.10. The lowest BCUT2D eigenvalue weighted by molar-refractivity contribution is 0.0921. The van der Waals surface area contributed by atoms with Gasteiger partial charge in [-0.15, -0.1) is 0 Å². The molecule has 1 aliphatic heterocycles. The quantitative estimate of drug-likeness (QED) is 0.916. The maximum atomic E-state index is 12.7. The third-order valence-corrected chi connectivity index (χ3v) is 4.44. The second-order valence-electron chi connectivity index (χ2n) is 6.09. The smallest absolute Gasteiger partial charge is 0.255 e. The Labute approximate surface area is 142 Å². The minimum Gasteiger partial charge on any atom is -0.496 e. The van der Waals surface area contributed by atoms with E-state index in [-0.39, 0.29) is 17.9 Å². The van der Waals surface area contributed by atoms with E-state index < -0.39 is 0 Å². The number of aromatic nitrogens is 1. The molecule has 1 aliphatic rings. The fourth-order valence-electron chi connectivity index (χ4n) is 3.12. The number of ether oxygens (including phenoxy) is 2. The number of benzene rings is 1. The standard InChI is InChI=1S/C19H22N2O3/c1-13-4-3-5-17(23-2)18(13)19(22)21-16-12-24-11-15(16)10-14-6-8-20-9-7-14/h3-9,15-16H,10-12H2,1-2H3,(H,21,22)/t15-,16+/m1/s1. The monoisotopic (exact) mass is 326 g/mol. The van der Waals surface area contributed by atoms with Crippen LogP contribution in [0.5, 0.6) is 5.75 Å². The number of aryl methyl sites for hydroxylation is 1. The van der Waals surface area contributed by atoms with Crippen molar-refractivity contribution in [2.24, 2.45) is 5.92 Å². The molecule has 2 atom stereocenters. The van der Waals surface area contributed by atoms with E-state index in [1.54, 1.807) is 19.5 Å². The van der Waals surface area contributed by atoms with Gasteiger partial charge in [-0.3, -0.25) is 9.78 Å². The number of amides is 1. The second kappa shape index (κ2) is 7.45. The highest BCUT2D eigenvalue weighted by Gasteiger charge is 2.30. The SMILES string of the molecule is COc1cccc(C)c1C(=O)N[C@H]1COC[C@H]1Cc1ccncc1. The van der Waals surface area contributed by atoms with Gasteiger partial charge >= 0.3 is 0 Å². The van der Waals surface area contributed by atoms with Crippen LogP contribution < -0.4 is 10.1 Å². The van der Waals surface area contributed by atoms with Crippen molar-refractivity contribution in [3.05, 3.63) is 59.4 Å². The topological polar surface area (TPSA) is 60.5 Å². The van der Waals surface area contributed by atoms with Gasteiger partial charge in [0.1, 0.15) is 5.75 Å². The summed E-state index contributed by atoms with van der Waals surface area (Å²) in [5.74, 6) is 0.739. The molecule has 0 unspecified atom stereocenters. The molecule has 126 valence electrons. The Balaban J connectivity index is 1.72. The van der Waals surface area contributed by atoms with Crippen LogP contribution in [0.2, 0.25) is 0 Å². The molecule has 2 heterocycles. The summed E-state index contributed by atoms with van der Waals surface area (Å²) in [6, 6.07) is 9.60. The number of nitrogens with zero attached hydrogens (tertiary/aromatic N) is 1. The minimum atomic E-state index is -0.111. The lowest BCUT2D eigenvalue weighted by atomic mass is 9.95. The highest BCUT2D eigenvalue weighted by atomic mass is 16.5. The van der Waals surface area contributed by atoms with Crippen LogP contribution >= 0.6 is 0 Å². The van der Waals surface area contributed by atoms with Gasteiger partial charge < -0.3 is 14.8 Å². The summed E-state index contributed by atoms with van der Waals surface area (Å²) in [4.78, 5) is 16.8. The molecule has 0 saturated carbocycles. The second-order valence-corrected chi connectivity index (χ2v) is 6.09. The van der Waals surface area contributed by atoms with E-state index in [4.69, 9.17) is 9.47 Å². The van der Waals surface area contributed by atoms with E-state index in [9.17, 15) is 4.79 Å². The normalized spacial score (nSPS) is 19.9. The van der Waals surface area contributed by atoms with Crippen LogP contribution in [0.4, 0.5) is 0 Å². The highest BCUT2D eigenvalue weighted by molar-refractivity contribution is 5.98. The van der Waals surface area contributed by atoms with Crippen molar-refractivity contribution in [1.29, 1.82) is 0 Å². The summed E-state index contributed by atoms with van der Waals surface area (Å²) in [7, 11) is 1.58. The molecule has 1 amide bonds. The molecule has 1 fully saturated rings. The Morgan fingerprint density at radius 1 is 1.29 bits per heavy atom. The van der Waals surface area contributed by atoms with E-state index in [0.29, 0.717) is 24.5 Å². The molecule has 1 aromatic carbocycles. The fourth-order valence-corrected chi connectivity index (χ4v) is 3.12. The maximum absolute atomic E-state index is 12.7. The molecule has 1 N–H and O–H groups in total. The lowest BCUT2D eigenvalue weighted by Gasteiger charge is -2.20. The summed E-state index contributed by atoms with van der Waals surface area (Å²) in [6.07, 6.45) is 4.44. The first-order valence-corrected chi connectivity index (χ1v) is 8.10. The average molecular weight is 326 g/mol. The van der Waals surface area contributed by atoms with Crippen LogP contribution in [0.1, 0.15) is 21.5 Å². The molecule has 0 radical (unpaired) electrons. The van der Waals surface area contributed by atoms with Crippen molar-refractivity contribution in [3.63, 3.8) is 0 Å². The number of hydrogen-bond acceptors (Lipinski definition) is 4. The zero-order chi connectivity index (χ0) is 16.9. The minimum absolute atomic E-state index is 0.00465. The summed E-state index contributed by atoms with van der Waals surface area (Å²) >= 11 is 0. The van der Waals surface area contributed by atoms with E-state index in [0.717, 1.165) is 12.0 Å². The van der Waals surface area contributed by atoms with Crippen LogP contribution in [0.25, 0.3) is 0 Å². The van der Waals surface area contributed by atoms with Gasteiger partial charge in [-0.25, -0.2) is 0 Å². The Hall–Kier alpha value is -2.40. The third-order valence-electron chi connectivity index (χ3n) is 4.44. The molecule has 5 heteroatoms. The number of rotatable bonds is 5. The van der Waals surface area contributed by atoms with Crippen molar-refractivity contribution < 1.29 is 14.3 Å². The number of nitrogens with one attached hydrogen (secondary N) is 1. The van der Waals surface area contributed by atoms with Gasteiger partial charge in [0.15, 0.2) is 0 Å². The Morgan fingerprint density at radius 2 is 2.08 bits per heavy atom. The van der Waals surface area contributed by atoms with Gasteiger partial charge in [-0.2, -0.15) is 0 Å². The lowest BCUT2D eigenvalue weighted by Crippen LogP contribution is -2.41. The van der Waals surface area contributed by atoms with Gasteiger partial charge in [0.25, 0.3) is 5.91 Å². The van der Waals surface area contributed by atoms with Crippen molar-refractivity contribution in [2.45, 2.75) is 19.4 Å². The summed E-state index contributed by atoms with van der Waals surface area (Å²) in [5.41, 5.74) is 2.69. The van der Waals surface area contributed by atoms with Gasteiger partial charge in [0, 0.05) is 18.3 Å². The van der Waals surface area contributed by atoms with Gasteiger partial charge in [-0.1, -0.05) is 12.1 Å². The first-order chi connectivity index (χ1) is 11.7. The largest absolute Gasteiger partial charge is 0.496 e. The molecule has 0 bridgehead atoms. The Bertz CT molecular complexity index is 703. The average Bonchev–Trinajstić information content (AvgIpc) is 3.02. The summed E-state index contributed by atoms with van der Waals surface area (Å²) in [5, 5.41) is 3.12. The predicted octanol–water partition coefficient (Wildman–Crippen LogP) is 2.39. The van der Waals surface area contributed by atoms with E-state index in [2.05, 4.69) is 10.3 Å². The zero-order valence-corrected chi connectivity index (χ0v) is 14.0.